The third-order valence-electron chi connectivity index (χ3n) is 6.32. The molecular formula is C24H33N3O4S. The Kier molecular flexibility index (Phi) is 7.35. The Balaban J connectivity index is 1.45. The fourth-order valence-corrected chi connectivity index (χ4v) is 5.11. The largest absolute Gasteiger partial charge is 0.507 e. The fraction of sp³-hybridized carbons (Fsp3) is 0.500. The summed E-state index contributed by atoms with van der Waals surface area (Å²) < 4.78 is 28.6. The molecule has 0 aliphatic carbocycles. The molecule has 0 radical (unpaired) electrons. The summed E-state index contributed by atoms with van der Waals surface area (Å²) in [6.45, 7) is 6.37. The van der Waals surface area contributed by atoms with Gasteiger partial charge in [-0.25, -0.2) is 13.6 Å². The highest BCUT2D eigenvalue weighted by molar-refractivity contribution is 7.89. The highest BCUT2D eigenvalue weighted by Gasteiger charge is 2.19. The zero-order valence-electron chi connectivity index (χ0n) is 18.5. The average Bonchev–Trinajstić information content (AvgIpc) is 3.45. The molecule has 174 valence electrons. The maximum absolute atomic E-state index is 11.4. The normalized spacial score (nSPS) is 17.8. The van der Waals surface area contributed by atoms with Crippen molar-refractivity contribution >= 4 is 10.0 Å². The molecule has 32 heavy (non-hydrogen) atoms. The van der Waals surface area contributed by atoms with Crippen LogP contribution in [0.3, 0.4) is 0 Å². The van der Waals surface area contributed by atoms with Crippen molar-refractivity contribution in [2.45, 2.75) is 50.1 Å². The molecule has 2 aromatic rings. The lowest BCUT2D eigenvalue weighted by Gasteiger charge is -2.21. The first-order chi connectivity index (χ1) is 15.4. The van der Waals surface area contributed by atoms with Gasteiger partial charge in [-0.3, -0.25) is 9.80 Å². The van der Waals surface area contributed by atoms with Crippen LogP contribution in [0.5, 0.6) is 11.5 Å². The molecule has 0 amide bonds. The number of aromatic hydroxyl groups is 1. The first kappa shape index (κ1) is 23.0. The molecule has 0 saturated carbocycles. The second kappa shape index (κ2) is 10.2. The summed E-state index contributed by atoms with van der Waals surface area (Å²) in [6, 6.07) is 10.4. The van der Waals surface area contributed by atoms with E-state index in [2.05, 4.69) is 21.9 Å². The van der Waals surface area contributed by atoms with E-state index in [0.717, 1.165) is 56.0 Å². The van der Waals surface area contributed by atoms with Crippen LogP contribution in [0.4, 0.5) is 0 Å². The number of ether oxygens (including phenoxy) is 1. The van der Waals surface area contributed by atoms with E-state index in [1.54, 1.807) is 12.1 Å². The van der Waals surface area contributed by atoms with Crippen LogP contribution < -0.4 is 9.88 Å². The molecule has 2 fully saturated rings. The van der Waals surface area contributed by atoms with E-state index in [1.807, 2.05) is 0 Å². The van der Waals surface area contributed by atoms with Gasteiger partial charge in [-0.15, -0.1) is 0 Å². The van der Waals surface area contributed by atoms with Gasteiger partial charge >= 0.3 is 0 Å². The Bertz CT molecular complexity index is 973. The number of likely N-dealkylation sites (tertiary alicyclic amines) is 2. The molecule has 2 aromatic carbocycles. The Hall–Kier alpha value is -2.13. The number of hydrogen-bond acceptors (Lipinski definition) is 6. The third kappa shape index (κ3) is 6.01. The van der Waals surface area contributed by atoms with E-state index in [-0.39, 0.29) is 4.90 Å². The highest BCUT2D eigenvalue weighted by atomic mass is 32.2. The summed E-state index contributed by atoms with van der Waals surface area (Å²) in [4.78, 5) is 4.88. The molecular weight excluding hydrogens is 426 g/mol. The number of phenols is 1. The Morgan fingerprint density at radius 3 is 1.84 bits per heavy atom. The molecule has 2 heterocycles. The molecule has 2 aliphatic rings. The van der Waals surface area contributed by atoms with Gasteiger partial charge in [0, 0.05) is 30.6 Å². The van der Waals surface area contributed by atoms with Crippen LogP contribution in [-0.2, 0) is 29.5 Å². The van der Waals surface area contributed by atoms with Crippen molar-refractivity contribution in [3.8, 4) is 11.5 Å². The van der Waals surface area contributed by atoms with Gasteiger partial charge in [-0.1, -0.05) is 12.1 Å². The molecule has 2 saturated heterocycles. The zero-order valence-corrected chi connectivity index (χ0v) is 19.3. The smallest absolute Gasteiger partial charge is 0.238 e. The van der Waals surface area contributed by atoms with Crippen molar-refractivity contribution in [3.63, 3.8) is 0 Å². The molecule has 0 bridgehead atoms. The first-order valence-electron chi connectivity index (χ1n) is 11.4. The quantitative estimate of drug-likeness (QED) is 0.599. The van der Waals surface area contributed by atoms with E-state index in [1.165, 1.54) is 37.8 Å². The number of phenolic OH excluding ortho intramolecular Hbond substituents is 1. The topological polar surface area (TPSA) is 96.1 Å². The number of hydrogen-bond donors (Lipinski definition) is 2. The zero-order chi connectivity index (χ0) is 22.6. The second-order valence-corrected chi connectivity index (χ2v) is 10.4. The lowest BCUT2D eigenvalue weighted by Crippen LogP contribution is -2.21. The first-order valence-corrected chi connectivity index (χ1v) is 13.0. The standard InChI is InChI=1S/C24H33N3O4S/c25-32(29,30)23-7-5-22(6-8-23)31-14-9-19-15-20(17-26-10-1-2-11-26)24(28)21(16-19)18-27-12-3-4-13-27/h5-8,15-16,28H,1-4,9-14,17-18H2,(H2,25,29,30). The molecule has 7 nitrogen and oxygen atoms in total. The van der Waals surface area contributed by atoms with Crippen molar-refractivity contribution in [1.82, 2.24) is 9.80 Å². The number of rotatable bonds is 9. The van der Waals surface area contributed by atoms with Gasteiger partial charge in [0.1, 0.15) is 11.5 Å². The van der Waals surface area contributed by atoms with Crippen LogP contribution in [0.2, 0.25) is 0 Å². The van der Waals surface area contributed by atoms with Gasteiger partial charge in [0.15, 0.2) is 0 Å². The Morgan fingerprint density at radius 2 is 1.38 bits per heavy atom. The molecule has 0 atom stereocenters. The van der Waals surface area contributed by atoms with Gasteiger partial charge in [0.2, 0.25) is 10.0 Å². The van der Waals surface area contributed by atoms with Gasteiger partial charge in [-0.05, 0) is 81.7 Å². The number of nitrogens with two attached hydrogens (primary N) is 1. The van der Waals surface area contributed by atoms with Gasteiger partial charge in [0.05, 0.1) is 11.5 Å². The number of benzene rings is 2. The highest BCUT2D eigenvalue weighted by Crippen LogP contribution is 2.29. The minimum Gasteiger partial charge on any atom is -0.507 e. The van der Waals surface area contributed by atoms with Gasteiger partial charge in [-0.2, -0.15) is 0 Å². The van der Waals surface area contributed by atoms with Crippen molar-refractivity contribution in [3.05, 3.63) is 53.1 Å². The van der Waals surface area contributed by atoms with E-state index < -0.39 is 10.0 Å². The van der Waals surface area contributed by atoms with Crippen molar-refractivity contribution in [1.29, 1.82) is 0 Å². The van der Waals surface area contributed by atoms with Crippen molar-refractivity contribution in [2.24, 2.45) is 5.14 Å². The number of sulfonamides is 1. The van der Waals surface area contributed by atoms with Gasteiger partial charge in [0.25, 0.3) is 0 Å². The third-order valence-corrected chi connectivity index (χ3v) is 7.25. The maximum Gasteiger partial charge on any atom is 0.238 e. The molecule has 2 aliphatic heterocycles. The summed E-state index contributed by atoms with van der Waals surface area (Å²) in [7, 11) is -3.70. The van der Waals surface area contributed by atoms with E-state index in [9.17, 15) is 13.5 Å². The SMILES string of the molecule is NS(=O)(=O)c1ccc(OCCc2cc(CN3CCCC3)c(O)c(CN3CCCC3)c2)cc1. The Labute approximate surface area is 190 Å². The number of nitrogens with zero attached hydrogens (tertiary/aromatic N) is 2. The van der Waals surface area contributed by atoms with Crippen LogP contribution >= 0.6 is 0 Å². The molecule has 4 rings (SSSR count). The predicted octanol–water partition coefficient (Wildman–Crippen LogP) is 2.85. The monoisotopic (exact) mass is 459 g/mol. The Morgan fingerprint density at radius 1 is 0.875 bits per heavy atom. The maximum atomic E-state index is 11.4. The average molecular weight is 460 g/mol. The van der Waals surface area contributed by atoms with E-state index in [0.29, 0.717) is 24.5 Å². The van der Waals surface area contributed by atoms with Crippen molar-refractivity contribution in [2.75, 3.05) is 32.8 Å². The van der Waals surface area contributed by atoms with Gasteiger partial charge < -0.3 is 9.84 Å². The number of primary sulfonamides is 1. The van der Waals surface area contributed by atoms with Crippen LogP contribution in [-0.4, -0.2) is 56.1 Å². The summed E-state index contributed by atoms with van der Waals surface area (Å²) >= 11 is 0. The second-order valence-electron chi connectivity index (χ2n) is 8.84. The van der Waals surface area contributed by atoms with Crippen LogP contribution in [0, 0.1) is 0 Å². The van der Waals surface area contributed by atoms with E-state index in [4.69, 9.17) is 9.88 Å². The van der Waals surface area contributed by atoms with Crippen molar-refractivity contribution < 1.29 is 18.3 Å². The summed E-state index contributed by atoms with van der Waals surface area (Å²) in [5, 5.41) is 16.1. The van der Waals surface area contributed by atoms with E-state index >= 15 is 0 Å². The molecule has 0 unspecified atom stereocenters. The lowest BCUT2D eigenvalue weighted by molar-refractivity contribution is 0.310. The predicted molar refractivity (Wildman–Crippen MR) is 124 cm³/mol. The molecule has 0 aromatic heterocycles. The molecule has 3 N–H and O–H groups in total. The van der Waals surface area contributed by atoms with Crippen LogP contribution in [0.15, 0.2) is 41.3 Å². The minimum atomic E-state index is -3.70. The lowest BCUT2D eigenvalue weighted by atomic mass is 10.0. The molecule has 0 spiro atoms. The minimum absolute atomic E-state index is 0.0708. The van der Waals surface area contributed by atoms with Crippen LogP contribution in [0.1, 0.15) is 42.4 Å². The summed E-state index contributed by atoms with van der Waals surface area (Å²) in [5.74, 6) is 1.04. The van der Waals surface area contributed by atoms with Crippen LogP contribution in [0.25, 0.3) is 0 Å². The fourth-order valence-electron chi connectivity index (χ4n) is 4.59. The summed E-state index contributed by atoms with van der Waals surface area (Å²) in [5.41, 5.74) is 3.14. The molecule has 8 heteroatoms. The summed E-state index contributed by atoms with van der Waals surface area (Å²) in [6.07, 6.45) is 5.59.